The maximum Gasteiger partial charge on any atom is 0.387 e. The van der Waals surface area contributed by atoms with Crippen LogP contribution in [0, 0.1) is 5.41 Å². The summed E-state index contributed by atoms with van der Waals surface area (Å²) in [6.45, 7) is 2.99. The molecule has 2 unspecified atom stereocenters. The molecule has 1 N–H and O–H groups in total. The zero-order valence-corrected chi connectivity index (χ0v) is 15.9. The van der Waals surface area contributed by atoms with E-state index in [0.717, 1.165) is 0 Å². The van der Waals surface area contributed by atoms with Crippen LogP contribution < -0.4 is 9.47 Å². The van der Waals surface area contributed by atoms with Crippen LogP contribution in [0.4, 0.5) is 8.78 Å². The molecule has 1 spiro atoms. The number of ether oxygens (including phenoxy) is 3. The number of oxime groups is 1. The summed E-state index contributed by atoms with van der Waals surface area (Å²) in [5.74, 6) is -1.54. The number of carboxylic acids is 1. The Morgan fingerprint density at radius 2 is 2.04 bits per heavy atom. The number of alkyl halides is 2. The minimum atomic E-state index is -3.07. The lowest BCUT2D eigenvalue weighted by molar-refractivity contribution is -0.150. The lowest BCUT2D eigenvalue weighted by atomic mass is 9.89. The van der Waals surface area contributed by atoms with E-state index >= 15 is 0 Å². The van der Waals surface area contributed by atoms with Crippen LogP contribution in [0.25, 0.3) is 0 Å². The Hall–Kier alpha value is -2.42. The Bertz CT molecular complexity index is 768. The first-order chi connectivity index (χ1) is 13.1. The molecule has 2 aliphatic rings. The number of carbonyl (C=O) groups is 1. The highest BCUT2D eigenvalue weighted by Crippen LogP contribution is 2.38. The van der Waals surface area contributed by atoms with Crippen LogP contribution in [-0.2, 0) is 14.4 Å². The van der Waals surface area contributed by atoms with E-state index < -0.39 is 29.7 Å². The van der Waals surface area contributed by atoms with Crippen LogP contribution in [-0.4, -0.2) is 48.3 Å². The topological polar surface area (TPSA) is 86.6 Å². The molecule has 154 valence electrons. The second kappa shape index (κ2) is 7.54. The van der Waals surface area contributed by atoms with Gasteiger partial charge in [0, 0.05) is 23.8 Å². The van der Waals surface area contributed by atoms with E-state index in [9.17, 15) is 18.7 Å². The third kappa shape index (κ3) is 4.35. The zero-order chi connectivity index (χ0) is 20.5. The maximum absolute atomic E-state index is 12.8. The van der Waals surface area contributed by atoms with Gasteiger partial charge in [0.05, 0.1) is 18.9 Å². The van der Waals surface area contributed by atoms with Gasteiger partial charge in [-0.3, -0.25) is 0 Å². The molecule has 0 amide bonds. The van der Waals surface area contributed by atoms with Crippen molar-refractivity contribution < 1.29 is 37.7 Å². The number of benzene rings is 1. The fourth-order valence-electron chi connectivity index (χ4n) is 3.17. The van der Waals surface area contributed by atoms with Gasteiger partial charge in [-0.05, 0) is 18.2 Å². The van der Waals surface area contributed by atoms with Crippen molar-refractivity contribution in [2.75, 3.05) is 13.2 Å². The highest BCUT2D eigenvalue weighted by atomic mass is 19.3. The van der Waals surface area contributed by atoms with Gasteiger partial charge in [-0.1, -0.05) is 25.9 Å². The van der Waals surface area contributed by atoms with Gasteiger partial charge in [-0.25, -0.2) is 4.79 Å². The first-order valence-corrected chi connectivity index (χ1v) is 8.91. The van der Waals surface area contributed by atoms with E-state index in [2.05, 4.69) is 9.89 Å². The fourth-order valence-corrected chi connectivity index (χ4v) is 3.17. The molecule has 0 aromatic heterocycles. The molecule has 3 rings (SSSR count). The Morgan fingerprint density at radius 1 is 1.29 bits per heavy atom. The standard InChI is InChI=1S/C19H23F2NO6/c1-18(2,3)15(16(23)24)26-14-8-11(4-5-13(14)27-17(20)21)12-9-19(28-22-12)6-7-25-10-19/h4-5,8,15,17H,6-7,9-10H2,1-3H3,(H,23,24). The number of aliphatic carboxylic acids is 1. The quantitative estimate of drug-likeness (QED) is 0.789. The molecule has 1 aromatic rings. The van der Waals surface area contributed by atoms with Crippen LogP contribution in [0.5, 0.6) is 11.5 Å². The van der Waals surface area contributed by atoms with Gasteiger partial charge in [0.25, 0.3) is 0 Å². The molecule has 0 radical (unpaired) electrons. The minimum Gasteiger partial charge on any atom is -0.478 e. The number of carboxylic acid groups (broad SMARTS) is 1. The predicted molar refractivity (Wildman–Crippen MR) is 95.0 cm³/mol. The monoisotopic (exact) mass is 399 g/mol. The van der Waals surface area contributed by atoms with Crippen LogP contribution in [0.2, 0.25) is 0 Å². The molecule has 2 atom stereocenters. The van der Waals surface area contributed by atoms with Crippen molar-refractivity contribution in [2.45, 2.75) is 51.9 Å². The number of hydrogen-bond donors (Lipinski definition) is 1. The number of nitrogens with zero attached hydrogens (tertiary/aromatic N) is 1. The van der Waals surface area contributed by atoms with Crippen molar-refractivity contribution in [1.29, 1.82) is 0 Å². The number of hydrogen-bond acceptors (Lipinski definition) is 6. The molecule has 28 heavy (non-hydrogen) atoms. The molecule has 0 aliphatic carbocycles. The van der Waals surface area contributed by atoms with Crippen LogP contribution >= 0.6 is 0 Å². The van der Waals surface area contributed by atoms with Gasteiger partial charge in [0.1, 0.15) is 0 Å². The van der Waals surface area contributed by atoms with Crippen LogP contribution in [0.1, 0.15) is 39.2 Å². The van der Waals surface area contributed by atoms with Crippen molar-refractivity contribution in [1.82, 2.24) is 0 Å². The smallest absolute Gasteiger partial charge is 0.387 e. The summed E-state index contributed by atoms with van der Waals surface area (Å²) in [7, 11) is 0. The first-order valence-electron chi connectivity index (χ1n) is 8.91. The number of halogens is 2. The highest BCUT2D eigenvalue weighted by molar-refractivity contribution is 6.02. The number of rotatable bonds is 6. The normalized spacial score (nSPS) is 22.9. The molecule has 7 nitrogen and oxygen atoms in total. The summed E-state index contributed by atoms with van der Waals surface area (Å²) < 4.78 is 41.1. The third-order valence-electron chi connectivity index (χ3n) is 4.65. The van der Waals surface area contributed by atoms with Crippen molar-refractivity contribution in [3.8, 4) is 11.5 Å². The van der Waals surface area contributed by atoms with E-state index in [1.165, 1.54) is 12.1 Å². The molecule has 2 aliphatic heterocycles. The Kier molecular flexibility index (Phi) is 5.47. The molecule has 1 aromatic carbocycles. The van der Waals surface area contributed by atoms with Crippen molar-refractivity contribution >= 4 is 11.7 Å². The molecular formula is C19H23F2NO6. The molecule has 9 heteroatoms. The summed E-state index contributed by atoms with van der Waals surface area (Å²) in [6.07, 6.45) is -0.0522. The zero-order valence-electron chi connectivity index (χ0n) is 15.9. The Morgan fingerprint density at radius 3 is 2.61 bits per heavy atom. The van der Waals surface area contributed by atoms with Gasteiger partial charge < -0.3 is 24.2 Å². The first kappa shape index (κ1) is 20.3. The lowest BCUT2D eigenvalue weighted by Gasteiger charge is -2.28. The SMILES string of the molecule is CC(C)(C)C(Oc1cc(C2=NOC3(CCOC3)C2)ccc1OC(F)F)C(=O)O. The summed E-state index contributed by atoms with van der Waals surface area (Å²) in [6, 6.07) is 4.34. The molecule has 0 bridgehead atoms. The van der Waals surface area contributed by atoms with Crippen molar-refractivity contribution in [3.05, 3.63) is 23.8 Å². The molecule has 1 fully saturated rings. The van der Waals surface area contributed by atoms with E-state index in [0.29, 0.717) is 37.3 Å². The van der Waals surface area contributed by atoms with E-state index in [-0.39, 0.29) is 11.5 Å². The average molecular weight is 399 g/mol. The maximum atomic E-state index is 12.8. The second-order valence-electron chi connectivity index (χ2n) is 8.03. The second-order valence-corrected chi connectivity index (χ2v) is 8.03. The Balaban J connectivity index is 1.90. The average Bonchev–Trinajstić information content (AvgIpc) is 3.22. The summed E-state index contributed by atoms with van der Waals surface area (Å²) in [5.41, 5.74) is -0.0767. The van der Waals surface area contributed by atoms with Gasteiger partial charge >= 0.3 is 12.6 Å². The van der Waals surface area contributed by atoms with Gasteiger partial charge in [-0.2, -0.15) is 8.78 Å². The van der Waals surface area contributed by atoms with Crippen LogP contribution in [0.3, 0.4) is 0 Å². The van der Waals surface area contributed by atoms with E-state index in [4.69, 9.17) is 14.3 Å². The summed E-state index contributed by atoms with van der Waals surface area (Å²) in [4.78, 5) is 17.2. The summed E-state index contributed by atoms with van der Waals surface area (Å²) >= 11 is 0. The predicted octanol–water partition coefficient (Wildman–Crippen LogP) is 3.45. The molecule has 0 saturated carbocycles. The van der Waals surface area contributed by atoms with Gasteiger partial charge in [0.2, 0.25) is 6.10 Å². The molecule has 1 saturated heterocycles. The molecule has 2 heterocycles. The van der Waals surface area contributed by atoms with Gasteiger partial charge in [0.15, 0.2) is 17.1 Å². The summed E-state index contributed by atoms with van der Waals surface area (Å²) in [5, 5.41) is 13.6. The molecular weight excluding hydrogens is 376 g/mol. The fraction of sp³-hybridized carbons (Fsp3) is 0.579. The van der Waals surface area contributed by atoms with Gasteiger partial charge in [-0.15, -0.1) is 0 Å². The van der Waals surface area contributed by atoms with Crippen molar-refractivity contribution in [2.24, 2.45) is 10.6 Å². The van der Waals surface area contributed by atoms with E-state index in [1.54, 1.807) is 26.8 Å². The van der Waals surface area contributed by atoms with E-state index in [1.807, 2.05) is 0 Å². The highest BCUT2D eigenvalue weighted by Gasteiger charge is 2.43. The minimum absolute atomic E-state index is 0.0913. The Labute approximate surface area is 161 Å². The van der Waals surface area contributed by atoms with Crippen molar-refractivity contribution in [3.63, 3.8) is 0 Å². The third-order valence-corrected chi connectivity index (χ3v) is 4.65. The largest absolute Gasteiger partial charge is 0.478 e. The van der Waals surface area contributed by atoms with Crippen LogP contribution in [0.15, 0.2) is 23.4 Å². The lowest BCUT2D eigenvalue weighted by Crippen LogP contribution is -2.39.